The van der Waals surface area contributed by atoms with Gasteiger partial charge in [-0.3, -0.25) is 14.5 Å². The van der Waals surface area contributed by atoms with Crippen LogP contribution in [0.1, 0.15) is 78.9 Å². The lowest BCUT2D eigenvalue weighted by molar-refractivity contribution is -0.117. The molecular weight excluding hydrogens is 454 g/mol. The summed E-state index contributed by atoms with van der Waals surface area (Å²) in [6, 6.07) is 6.06. The number of anilines is 2. The molecule has 0 radical (unpaired) electrons. The number of rotatable bonds is 5. The number of thiophene rings is 1. The Labute approximate surface area is 214 Å². The summed E-state index contributed by atoms with van der Waals surface area (Å²) in [5, 5.41) is 7.00. The molecule has 2 aliphatic rings. The summed E-state index contributed by atoms with van der Waals surface area (Å²) >= 11 is 1.61. The molecule has 1 atom stereocenters. The summed E-state index contributed by atoms with van der Waals surface area (Å²) < 4.78 is 0. The number of aryl methyl sites for hydroxylation is 2. The van der Waals surface area contributed by atoms with Crippen molar-refractivity contribution >= 4 is 33.8 Å². The summed E-state index contributed by atoms with van der Waals surface area (Å²) in [5.41, 5.74) is 5.04. The van der Waals surface area contributed by atoms with Crippen LogP contribution in [-0.4, -0.2) is 36.3 Å². The Kier molecular flexibility index (Phi) is 7.72. The SMILES string of the molecule is Cc1ccc(NC(=O)c2c(NC(=O)CN3CCC(C)CC3)sc3c2CCC(C(C)(C)C)C3)c(C)c1. The molecule has 1 unspecified atom stereocenters. The zero-order valence-electron chi connectivity index (χ0n) is 22.2. The summed E-state index contributed by atoms with van der Waals surface area (Å²) in [4.78, 5) is 30.2. The quantitative estimate of drug-likeness (QED) is 0.502. The van der Waals surface area contributed by atoms with E-state index < -0.39 is 0 Å². The van der Waals surface area contributed by atoms with Crippen LogP contribution >= 0.6 is 11.3 Å². The van der Waals surface area contributed by atoms with E-state index in [-0.39, 0.29) is 17.2 Å². The van der Waals surface area contributed by atoms with E-state index in [1.165, 1.54) is 10.4 Å². The van der Waals surface area contributed by atoms with Gasteiger partial charge in [0.05, 0.1) is 12.1 Å². The first kappa shape index (κ1) is 25.9. The van der Waals surface area contributed by atoms with E-state index in [9.17, 15) is 9.59 Å². The van der Waals surface area contributed by atoms with Gasteiger partial charge in [-0.1, -0.05) is 45.4 Å². The van der Waals surface area contributed by atoms with Gasteiger partial charge in [-0.05, 0) is 93.5 Å². The van der Waals surface area contributed by atoms with Crippen LogP contribution in [0.15, 0.2) is 18.2 Å². The third-order valence-electron chi connectivity index (χ3n) is 7.84. The Morgan fingerprint density at radius 3 is 2.46 bits per heavy atom. The maximum atomic E-state index is 13.6. The van der Waals surface area contributed by atoms with Crippen LogP contribution in [0.2, 0.25) is 0 Å². The zero-order chi connectivity index (χ0) is 25.3. The number of carbonyl (C=O) groups is 2. The summed E-state index contributed by atoms with van der Waals surface area (Å²) in [7, 11) is 0. The molecule has 2 heterocycles. The van der Waals surface area contributed by atoms with E-state index in [1.807, 2.05) is 19.1 Å². The molecule has 4 rings (SSSR count). The predicted molar refractivity (Wildman–Crippen MR) is 147 cm³/mol. The lowest BCUT2D eigenvalue weighted by atomic mass is 9.72. The number of benzene rings is 1. The minimum Gasteiger partial charge on any atom is -0.322 e. The minimum absolute atomic E-state index is 0.0221. The molecule has 5 nitrogen and oxygen atoms in total. The smallest absolute Gasteiger partial charge is 0.258 e. The van der Waals surface area contributed by atoms with Gasteiger partial charge in [0.25, 0.3) is 5.91 Å². The summed E-state index contributed by atoms with van der Waals surface area (Å²) in [6.45, 7) is 15.5. The Morgan fingerprint density at radius 2 is 1.80 bits per heavy atom. The fraction of sp³-hybridized carbons (Fsp3) is 0.586. The normalized spacial score (nSPS) is 19.3. The second kappa shape index (κ2) is 10.4. The Hall–Kier alpha value is -2.18. The van der Waals surface area contributed by atoms with Crippen molar-refractivity contribution in [1.29, 1.82) is 0 Å². The molecule has 1 fully saturated rings. The molecule has 2 amide bonds. The highest BCUT2D eigenvalue weighted by atomic mass is 32.1. The van der Waals surface area contributed by atoms with Crippen molar-refractivity contribution in [2.24, 2.45) is 17.3 Å². The first-order valence-corrected chi connectivity index (χ1v) is 13.9. The second-order valence-electron chi connectivity index (χ2n) is 11.8. The zero-order valence-corrected chi connectivity index (χ0v) is 23.0. The third-order valence-corrected chi connectivity index (χ3v) is 9.01. The van der Waals surface area contributed by atoms with Gasteiger partial charge in [0, 0.05) is 10.6 Å². The highest BCUT2D eigenvalue weighted by molar-refractivity contribution is 7.17. The van der Waals surface area contributed by atoms with Crippen LogP contribution in [0.4, 0.5) is 10.7 Å². The largest absolute Gasteiger partial charge is 0.322 e. The van der Waals surface area contributed by atoms with Crippen molar-refractivity contribution in [3.05, 3.63) is 45.3 Å². The van der Waals surface area contributed by atoms with Crippen molar-refractivity contribution in [2.75, 3.05) is 30.3 Å². The fourth-order valence-electron chi connectivity index (χ4n) is 5.38. The molecule has 6 heteroatoms. The van der Waals surface area contributed by atoms with E-state index in [4.69, 9.17) is 0 Å². The molecule has 1 aromatic heterocycles. The van der Waals surface area contributed by atoms with E-state index in [0.717, 1.165) is 67.9 Å². The molecule has 1 saturated heterocycles. The van der Waals surface area contributed by atoms with Gasteiger partial charge in [0.1, 0.15) is 5.00 Å². The number of hydrogen-bond donors (Lipinski definition) is 2. The Morgan fingerprint density at radius 1 is 1.09 bits per heavy atom. The molecule has 1 aromatic carbocycles. The molecule has 2 N–H and O–H groups in total. The summed E-state index contributed by atoms with van der Waals surface area (Å²) in [5.74, 6) is 1.16. The Bertz CT molecular complexity index is 1090. The van der Waals surface area contributed by atoms with Crippen molar-refractivity contribution < 1.29 is 9.59 Å². The minimum atomic E-state index is -0.120. The molecular formula is C29H41N3O2S. The van der Waals surface area contributed by atoms with Crippen molar-refractivity contribution in [1.82, 2.24) is 4.90 Å². The maximum Gasteiger partial charge on any atom is 0.258 e. The van der Waals surface area contributed by atoms with Crippen LogP contribution in [-0.2, 0) is 17.6 Å². The second-order valence-corrected chi connectivity index (χ2v) is 12.9. The first-order chi connectivity index (χ1) is 16.5. The van der Waals surface area contributed by atoms with Gasteiger partial charge in [-0.15, -0.1) is 11.3 Å². The standard InChI is InChI=1S/C29H41N3O2S/c1-18-11-13-32(14-12-18)17-25(33)31-28-26(27(34)30-23-10-7-19(2)15-20(23)3)22-9-8-21(29(4,5)6)16-24(22)35-28/h7,10,15,18,21H,8-9,11-14,16-17H2,1-6H3,(H,30,34)(H,31,33). The van der Waals surface area contributed by atoms with Crippen molar-refractivity contribution in [3.8, 4) is 0 Å². The van der Waals surface area contributed by atoms with Gasteiger partial charge in [0.15, 0.2) is 0 Å². The number of amides is 2. The fourth-order valence-corrected chi connectivity index (χ4v) is 6.72. The molecule has 35 heavy (non-hydrogen) atoms. The lowest BCUT2D eigenvalue weighted by Crippen LogP contribution is -2.38. The molecule has 1 aliphatic heterocycles. The summed E-state index contributed by atoms with van der Waals surface area (Å²) in [6.07, 6.45) is 5.18. The van der Waals surface area contributed by atoms with Crippen molar-refractivity contribution in [2.45, 2.75) is 73.6 Å². The van der Waals surface area contributed by atoms with E-state index in [1.54, 1.807) is 11.3 Å². The number of piperidine rings is 1. The molecule has 0 spiro atoms. The van der Waals surface area contributed by atoms with Crippen molar-refractivity contribution in [3.63, 3.8) is 0 Å². The highest BCUT2D eigenvalue weighted by Gasteiger charge is 2.34. The van der Waals surface area contributed by atoms with E-state index in [0.29, 0.717) is 23.0 Å². The van der Waals surface area contributed by atoms with Gasteiger partial charge in [-0.2, -0.15) is 0 Å². The molecule has 2 aromatic rings. The van der Waals surface area contributed by atoms with Crippen LogP contribution in [0.3, 0.4) is 0 Å². The van der Waals surface area contributed by atoms with Gasteiger partial charge in [-0.25, -0.2) is 0 Å². The predicted octanol–water partition coefficient (Wildman–Crippen LogP) is 6.44. The van der Waals surface area contributed by atoms with E-state index in [2.05, 4.69) is 56.2 Å². The monoisotopic (exact) mass is 495 g/mol. The molecule has 0 saturated carbocycles. The van der Waals surface area contributed by atoms with Crippen LogP contribution in [0.5, 0.6) is 0 Å². The Balaban J connectivity index is 1.58. The molecule has 1 aliphatic carbocycles. The van der Waals surface area contributed by atoms with Crippen LogP contribution in [0, 0.1) is 31.1 Å². The number of fused-ring (bicyclic) bond motifs is 1. The average Bonchev–Trinajstić information content (AvgIpc) is 3.13. The first-order valence-electron chi connectivity index (χ1n) is 13.1. The van der Waals surface area contributed by atoms with Gasteiger partial charge in [0.2, 0.25) is 5.91 Å². The topological polar surface area (TPSA) is 61.4 Å². The number of nitrogens with zero attached hydrogens (tertiary/aromatic N) is 1. The highest BCUT2D eigenvalue weighted by Crippen LogP contribution is 2.44. The van der Waals surface area contributed by atoms with Gasteiger partial charge < -0.3 is 10.6 Å². The van der Waals surface area contributed by atoms with Crippen LogP contribution in [0.25, 0.3) is 0 Å². The van der Waals surface area contributed by atoms with E-state index >= 15 is 0 Å². The third kappa shape index (κ3) is 6.15. The number of carbonyl (C=O) groups excluding carboxylic acids is 2. The molecule has 0 bridgehead atoms. The number of nitrogens with one attached hydrogen (secondary N) is 2. The molecule has 190 valence electrons. The average molecular weight is 496 g/mol. The van der Waals surface area contributed by atoms with Gasteiger partial charge >= 0.3 is 0 Å². The maximum absolute atomic E-state index is 13.6. The number of likely N-dealkylation sites (tertiary alicyclic amines) is 1. The lowest BCUT2D eigenvalue weighted by Gasteiger charge is -2.33. The number of hydrogen-bond acceptors (Lipinski definition) is 4. The van der Waals surface area contributed by atoms with Crippen LogP contribution < -0.4 is 10.6 Å².